The fourth-order valence-corrected chi connectivity index (χ4v) is 5.06. The van der Waals surface area contributed by atoms with Gasteiger partial charge in [-0.15, -0.1) is 0 Å². The second kappa shape index (κ2) is 13.9. The highest BCUT2D eigenvalue weighted by Gasteiger charge is 2.11. The SMILES string of the molecule is CCCCCCN=C(N)c1ccc2nc(-c3ccc(-c4nc5ccc(C(N)=NCCCCCC)cc5[nH]4)cc3)[nH]c2c1. The summed E-state index contributed by atoms with van der Waals surface area (Å²) in [6.07, 6.45) is 9.43. The Hall–Kier alpha value is -4.46. The summed E-state index contributed by atoms with van der Waals surface area (Å²) in [4.78, 5) is 25.6. The molecular weight excluding hydrogens is 520 g/mol. The molecule has 2 aromatic heterocycles. The van der Waals surface area contributed by atoms with Crippen molar-refractivity contribution in [2.75, 3.05) is 13.1 Å². The highest BCUT2D eigenvalue weighted by molar-refractivity contribution is 6.01. The lowest BCUT2D eigenvalue weighted by molar-refractivity contribution is 0.675. The number of H-pyrrole nitrogens is 2. The first-order valence-corrected chi connectivity index (χ1v) is 15.3. The van der Waals surface area contributed by atoms with Crippen LogP contribution < -0.4 is 11.5 Å². The minimum absolute atomic E-state index is 0.573. The Morgan fingerprint density at radius 1 is 0.595 bits per heavy atom. The van der Waals surface area contributed by atoms with Gasteiger partial charge in [-0.2, -0.15) is 0 Å². The van der Waals surface area contributed by atoms with Crippen molar-refractivity contribution < 1.29 is 0 Å². The van der Waals surface area contributed by atoms with Gasteiger partial charge in [-0.25, -0.2) is 9.97 Å². The number of aromatic amines is 2. The molecule has 2 heterocycles. The molecule has 218 valence electrons. The summed E-state index contributed by atoms with van der Waals surface area (Å²) in [6.45, 7) is 5.94. The van der Waals surface area contributed by atoms with E-state index < -0.39 is 0 Å². The molecule has 8 heteroatoms. The highest BCUT2D eigenvalue weighted by Crippen LogP contribution is 2.26. The summed E-state index contributed by atoms with van der Waals surface area (Å²) in [7, 11) is 0. The predicted octanol–water partition coefficient (Wildman–Crippen LogP) is 7.34. The quantitative estimate of drug-likeness (QED) is 0.0639. The third-order valence-corrected chi connectivity index (χ3v) is 7.57. The van der Waals surface area contributed by atoms with Gasteiger partial charge in [0, 0.05) is 35.3 Å². The number of benzene rings is 3. The number of aliphatic imine (C=N–C) groups is 2. The first-order valence-electron chi connectivity index (χ1n) is 15.3. The first-order chi connectivity index (χ1) is 20.6. The molecule has 0 amide bonds. The largest absolute Gasteiger partial charge is 0.384 e. The van der Waals surface area contributed by atoms with E-state index in [4.69, 9.17) is 21.4 Å². The normalized spacial score (nSPS) is 12.5. The zero-order valence-electron chi connectivity index (χ0n) is 24.8. The van der Waals surface area contributed by atoms with Crippen LogP contribution >= 0.6 is 0 Å². The maximum Gasteiger partial charge on any atom is 0.138 e. The monoisotopic (exact) mass is 562 g/mol. The molecule has 0 saturated carbocycles. The zero-order chi connectivity index (χ0) is 29.3. The molecule has 6 N–H and O–H groups in total. The number of unbranched alkanes of at least 4 members (excludes halogenated alkanes) is 6. The van der Waals surface area contributed by atoms with E-state index in [2.05, 4.69) is 58.1 Å². The molecule has 0 aliphatic heterocycles. The average Bonchev–Trinajstić information content (AvgIpc) is 3.64. The van der Waals surface area contributed by atoms with E-state index in [1.165, 1.54) is 38.5 Å². The summed E-state index contributed by atoms with van der Waals surface area (Å²) in [5, 5.41) is 0. The van der Waals surface area contributed by atoms with Crippen LogP contribution in [0.5, 0.6) is 0 Å². The molecule has 0 bridgehead atoms. The first kappa shape index (κ1) is 29.0. The van der Waals surface area contributed by atoms with Crippen molar-refractivity contribution in [3.05, 3.63) is 71.8 Å². The Morgan fingerprint density at radius 3 is 1.43 bits per heavy atom. The van der Waals surface area contributed by atoms with E-state index in [0.717, 1.165) is 81.9 Å². The van der Waals surface area contributed by atoms with Gasteiger partial charge in [0.1, 0.15) is 23.3 Å². The van der Waals surface area contributed by atoms with E-state index in [1.807, 2.05) is 36.4 Å². The fraction of sp³-hybridized carbons (Fsp3) is 0.353. The van der Waals surface area contributed by atoms with E-state index >= 15 is 0 Å². The Kier molecular flexibility index (Phi) is 9.64. The Labute approximate surface area is 247 Å². The van der Waals surface area contributed by atoms with Crippen LogP contribution in [0.2, 0.25) is 0 Å². The number of fused-ring (bicyclic) bond motifs is 2. The number of nitrogens with two attached hydrogens (primary N) is 2. The van der Waals surface area contributed by atoms with E-state index in [1.54, 1.807) is 0 Å². The van der Waals surface area contributed by atoms with Gasteiger partial charge in [-0.05, 0) is 49.2 Å². The number of nitrogens with zero attached hydrogens (tertiary/aromatic N) is 4. The maximum absolute atomic E-state index is 6.27. The van der Waals surface area contributed by atoms with E-state index in [0.29, 0.717) is 11.7 Å². The molecule has 5 aromatic rings. The number of imidazole rings is 2. The molecule has 0 fully saturated rings. The summed E-state index contributed by atoms with van der Waals surface area (Å²) in [5.74, 6) is 2.76. The van der Waals surface area contributed by atoms with Gasteiger partial charge in [0.15, 0.2) is 0 Å². The molecule has 0 aliphatic rings. The molecule has 0 saturated heterocycles. The van der Waals surface area contributed by atoms with Crippen LogP contribution in [0.15, 0.2) is 70.6 Å². The number of aromatic nitrogens is 4. The van der Waals surface area contributed by atoms with Crippen molar-refractivity contribution in [2.45, 2.75) is 65.2 Å². The summed E-state index contributed by atoms with van der Waals surface area (Å²) in [6, 6.07) is 20.2. The van der Waals surface area contributed by atoms with Crippen LogP contribution in [0, 0.1) is 0 Å². The topological polar surface area (TPSA) is 134 Å². The molecular formula is C34H42N8. The third kappa shape index (κ3) is 7.05. The minimum Gasteiger partial charge on any atom is -0.384 e. The van der Waals surface area contributed by atoms with E-state index in [-0.39, 0.29) is 0 Å². The molecule has 5 rings (SSSR count). The smallest absolute Gasteiger partial charge is 0.138 e. The lowest BCUT2D eigenvalue weighted by Crippen LogP contribution is -2.13. The molecule has 0 spiro atoms. The predicted molar refractivity (Wildman–Crippen MR) is 176 cm³/mol. The average molecular weight is 563 g/mol. The highest BCUT2D eigenvalue weighted by atomic mass is 14.9. The van der Waals surface area contributed by atoms with Crippen molar-refractivity contribution in [3.8, 4) is 22.8 Å². The number of amidine groups is 2. The lowest BCUT2D eigenvalue weighted by atomic mass is 10.1. The van der Waals surface area contributed by atoms with Gasteiger partial charge in [0.25, 0.3) is 0 Å². The molecule has 0 aliphatic carbocycles. The molecule has 0 atom stereocenters. The Bertz CT molecular complexity index is 1550. The number of nitrogens with one attached hydrogen (secondary N) is 2. The van der Waals surface area contributed by atoms with Gasteiger partial charge in [0.05, 0.1) is 22.1 Å². The third-order valence-electron chi connectivity index (χ3n) is 7.57. The Morgan fingerprint density at radius 2 is 1.02 bits per heavy atom. The van der Waals surface area contributed by atoms with Crippen molar-refractivity contribution in [1.82, 2.24) is 19.9 Å². The van der Waals surface area contributed by atoms with Crippen LogP contribution in [0.25, 0.3) is 44.8 Å². The van der Waals surface area contributed by atoms with Crippen molar-refractivity contribution >= 4 is 33.7 Å². The van der Waals surface area contributed by atoms with Crippen molar-refractivity contribution in [1.29, 1.82) is 0 Å². The fourth-order valence-electron chi connectivity index (χ4n) is 5.06. The minimum atomic E-state index is 0.573. The van der Waals surface area contributed by atoms with Crippen LogP contribution in [-0.4, -0.2) is 44.7 Å². The van der Waals surface area contributed by atoms with E-state index in [9.17, 15) is 0 Å². The van der Waals surface area contributed by atoms with Crippen LogP contribution in [0.4, 0.5) is 0 Å². The second-order valence-electron chi connectivity index (χ2n) is 10.9. The van der Waals surface area contributed by atoms with Crippen LogP contribution in [0.1, 0.15) is 76.3 Å². The Balaban J connectivity index is 1.28. The second-order valence-corrected chi connectivity index (χ2v) is 10.9. The number of hydrogen-bond acceptors (Lipinski definition) is 4. The number of rotatable bonds is 14. The van der Waals surface area contributed by atoms with Gasteiger partial charge in [-0.1, -0.05) is 76.6 Å². The zero-order valence-corrected chi connectivity index (χ0v) is 24.8. The molecule has 0 unspecified atom stereocenters. The molecule has 8 nitrogen and oxygen atoms in total. The maximum atomic E-state index is 6.27. The van der Waals surface area contributed by atoms with Gasteiger partial charge < -0.3 is 21.4 Å². The summed E-state index contributed by atoms with van der Waals surface area (Å²) >= 11 is 0. The van der Waals surface area contributed by atoms with Gasteiger partial charge in [0.2, 0.25) is 0 Å². The van der Waals surface area contributed by atoms with Crippen LogP contribution in [-0.2, 0) is 0 Å². The van der Waals surface area contributed by atoms with Crippen molar-refractivity contribution in [3.63, 3.8) is 0 Å². The summed E-state index contributed by atoms with van der Waals surface area (Å²) in [5.41, 5.74) is 20.0. The molecule has 3 aromatic carbocycles. The summed E-state index contributed by atoms with van der Waals surface area (Å²) < 4.78 is 0. The van der Waals surface area contributed by atoms with Gasteiger partial charge in [-0.3, -0.25) is 9.98 Å². The van der Waals surface area contributed by atoms with Crippen LogP contribution in [0.3, 0.4) is 0 Å². The molecule has 0 radical (unpaired) electrons. The molecule has 42 heavy (non-hydrogen) atoms. The lowest BCUT2D eigenvalue weighted by Gasteiger charge is -2.02. The standard InChI is InChI=1S/C34H42N8/c1-3-5-7-9-19-37-31(35)25-15-17-27-29(21-25)41-33(39-27)23-11-13-24(14-12-23)34-40-28-18-16-26(22-30(28)42-34)32(36)38-20-10-8-6-4-2/h11-18,21-22H,3-10,19-20H2,1-2H3,(H2,35,37)(H2,36,38)(H,39,41)(H,40,42). The van der Waals surface area contributed by atoms with Gasteiger partial charge >= 0.3 is 0 Å². The van der Waals surface area contributed by atoms with Crippen molar-refractivity contribution in [2.24, 2.45) is 21.5 Å². The number of hydrogen-bond donors (Lipinski definition) is 4.